The van der Waals surface area contributed by atoms with Gasteiger partial charge in [-0.3, -0.25) is 9.59 Å². The van der Waals surface area contributed by atoms with Crippen LogP contribution in [0.15, 0.2) is 11.1 Å². The van der Waals surface area contributed by atoms with Crippen molar-refractivity contribution in [2.24, 2.45) is 5.41 Å². The second-order valence-corrected chi connectivity index (χ2v) is 12.4. The number of unbranched alkanes of at least 4 members (excludes halogenated alkanes) is 9. The molecule has 0 fully saturated rings. The molecule has 7 heteroatoms. The van der Waals surface area contributed by atoms with Crippen LogP contribution in [0.5, 0.6) is 0 Å². The first-order valence-corrected chi connectivity index (χ1v) is 16.8. The summed E-state index contributed by atoms with van der Waals surface area (Å²) in [7, 11) is 0. The fourth-order valence-electron chi connectivity index (χ4n) is 5.71. The number of Topliss-reactive ketones (excluding diaryl/α,β-unsaturated/α-hetero) is 1. The minimum Gasteiger partial charge on any atom is -0.379 e. The second kappa shape index (κ2) is 26.5. The van der Waals surface area contributed by atoms with Crippen LogP contribution in [0.4, 0.5) is 0 Å². The van der Waals surface area contributed by atoms with Gasteiger partial charge in [-0.05, 0) is 96.3 Å². The molecule has 1 rings (SSSR count). The number of carbonyl (C=O) groups excluding carboxylic acids is 2. The van der Waals surface area contributed by atoms with Gasteiger partial charge in [0.15, 0.2) is 6.29 Å². The molecule has 0 aromatic carbocycles. The fourth-order valence-corrected chi connectivity index (χ4v) is 5.71. The number of nitrogens with one attached hydrogen (secondary N) is 2. The number of aldehydes is 1. The van der Waals surface area contributed by atoms with Gasteiger partial charge in [0, 0.05) is 6.61 Å². The van der Waals surface area contributed by atoms with Crippen molar-refractivity contribution >= 4 is 12.1 Å². The Morgan fingerprint density at radius 3 is 1.76 bits per heavy atom. The van der Waals surface area contributed by atoms with E-state index in [-0.39, 0.29) is 12.9 Å². The molecule has 1 aliphatic rings. The summed E-state index contributed by atoms with van der Waals surface area (Å²) < 4.78 is 15.9. The Morgan fingerprint density at radius 2 is 1.20 bits per heavy atom. The number of hydrogen-bond acceptors (Lipinski definition) is 7. The van der Waals surface area contributed by atoms with E-state index in [0.717, 1.165) is 32.7 Å². The van der Waals surface area contributed by atoms with Gasteiger partial charge >= 0.3 is 0 Å². The van der Waals surface area contributed by atoms with E-state index < -0.39 is 5.78 Å². The minimum atomic E-state index is -0.552. The minimum absolute atomic E-state index is 0.175. The number of carbonyl (C=O) groups is 2. The molecular weight excluding hydrogens is 516 g/mol. The monoisotopic (exact) mass is 580 g/mol. The Morgan fingerprint density at radius 1 is 0.707 bits per heavy atom. The molecule has 0 saturated carbocycles. The van der Waals surface area contributed by atoms with Crippen LogP contribution in [-0.4, -0.2) is 77.9 Å². The molecule has 0 saturated heterocycles. The van der Waals surface area contributed by atoms with Crippen LogP contribution >= 0.6 is 0 Å². The molecule has 41 heavy (non-hydrogen) atoms. The van der Waals surface area contributed by atoms with E-state index in [1.54, 1.807) is 11.1 Å². The van der Waals surface area contributed by atoms with Crippen LogP contribution in [0.1, 0.15) is 124 Å². The van der Waals surface area contributed by atoms with Crippen molar-refractivity contribution in [2.75, 3.05) is 65.8 Å². The van der Waals surface area contributed by atoms with Gasteiger partial charge in [-0.15, -0.1) is 0 Å². The third kappa shape index (κ3) is 22.1. The lowest BCUT2D eigenvalue weighted by molar-refractivity contribution is -0.133. The van der Waals surface area contributed by atoms with Crippen molar-refractivity contribution in [1.82, 2.24) is 10.6 Å². The number of ketones is 1. The highest BCUT2D eigenvalue weighted by Gasteiger charge is 2.27. The molecule has 0 aromatic heterocycles. The zero-order valence-corrected chi connectivity index (χ0v) is 27.0. The fraction of sp³-hybridized carbons (Fsp3) is 0.882. The molecule has 0 spiro atoms. The molecule has 0 bridgehead atoms. The Balaban J connectivity index is 1.70. The van der Waals surface area contributed by atoms with Gasteiger partial charge in [-0.25, -0.2) is 0 Å². The topological polar surface area (TPSA) is 85.9 Å². The summed E-state index contributed by atoms with van der Waals surface area (Å²) in [5.41, 5.74) is 3.92. The maximum absolute atomic E-state index is 10.7. The molecule has 7 nitrogen and oxygen atoms in total. The number of rotatable bonds is 30. The predicted molar refractivity (Wildman–Crippen MR) is 170 cm³/mol. The number of hydrogen-bond donors (Lipinski definition) is 2. The van der Waals surface area contributed by atoms with Crippen molar-refractivity contribution in [2.45, 2.75) is 124 Å². The number of ether oxygens (including phenoxy) is 3. The summed E-state index contributed by atoms with van der Waals surface area (Å²) in [5, 5.41) is 7.12. The van der Waals surface area contributed by atoms with Crippen LogP contribution in [0.2, 0.25) is 0 Å². The zero-order chi connectivity index (χ0) is 29.9. The van der Waals surface area contributed by atoms with Gasteiger partial charge in [-0.1, -0.05) is 69.9 Å². The largest absolute Gasteiger partial charge is 0.379 e. The Kier molecular flexibility index (Phi) is 24.5. The average molecular weight is 581 g/mol. The lowest BCUT2D eigenvalue weighted by Crippen LogP contribution is -2.20. The molecule has 240 valence electrons. The van der Waals surface area contributed by atoms with Crippen molar-refractivity contribution < 1.29 is 23.8 Å². The van der Waals surface area contributed by atoms with Gasteiger partial charge in [0.2, 0.25) is 5.78 Å². The average Bonchev–Trinajstić information content (AvgIpc) is 2.95. The standard InChI is InChI=1S/C34H64N2O5/c1-31-17-15-19-34(2,3)33(31)18-11-7-5-4-6-8-12-20-35-21-13-9-10-14-22-36-23-16-24-39-25-26-40-27-28-41-30-32(38)29-37/h29,35-36H,4-28,30H2,1-3H3. The molecule has 0 atom stereocenters. The van der Waals surface area contributed by atoms with Gasteiger partial charge in [-0.2, -0.15) is 0 Å². The maximum atomic E-state index is 10.7. The summed E-state index contributed by atoms with van der Waals surface area (Å²) >= 11 is 0. The van der Waals surface area contributed by atoms with Crippen molar-refractivity contribution in [3.05, 3.63) is 11.1 Å². The van der Waals surface area contributed by atoms with Crippen LogP contribution in [0, 0.1) is 5.41 Å². The summed E-state index contributed by atoms with van der Waals surface area (Å²) in [5.74, 6) is -0.552. The van der Waals surface area contributed by atoms with Crippen molar-refractivity contribution in [3.8, 4) is 0 Å². The molecule has 0 heterocycles. The normalized spacial score (nSPS) is 15.0. The highest BCUT2D eigenvalue weighted by atomic mass is 16.5. The van der Waals surface area contributed by atoms with Crippen LogP contribution < -0.4 is 10.6 Å². The SMILES string of the molecule is CC1=C(CCCCCCCCCNCCCCCCNCCCOCCOCCOCC(=O)C=O)C(C)(C)CCC1. The van der Waals surface area contributed by atoms with Crippen LogP contribution in [-0.2, 0) is 23.8 Å². The van der Waals surface area contributed by atoms with E-state index in [2.05, 4.69) is 31.4 Å². The maximum Gasteiger partial charge on any atom is 0.220 e. The Labute approximate surface area is 252 Å². The molecule has 1 aliphatic carbocycles. The van der Waals surface area contributed by atoms with Crippen LogP contribution in [0.3, 0.4) is 0 Å². The molecule has 0 aromatic rings. The molecule has 2 N–H and O–H groups in total. The first-order valence-electron chi connectivity index (χ1n) is 16.8. The van der Waals surface area contributed by atoms with Gasteiger partial charge in [0.05, 0.1) is 26.4 Å². The summed E-state index contributed by atoms with van der Waals surface area (Å²) in [6.07, 6.45) is 21.5. The zero-order valence-electron chi connectivity index (χ0n) is 27.0. The molecule has 0 aliphatic heterocycles. The van der Waals surface area contributed by atoms with Crippen molar-refractivity contribution in [3.63, 3.8) is 0 Å². The Bertz CT molecular complexity index is 680. The van der Waals surface area contributed by atoms with E-state index in [1.165, 1.54) is 103 Å². The first-order chi connectivity index (χ1) is 20.0. The van der Waals surface area contributed by atoms with Gasteiger partial charge in [0.1, 0.15) is 6.61 Å². The lowest BCUT2D eigenvalue weighted by atomic mass is 9.71. The summed E-state index contributed by atoms with van der Waals surface area (Å²) in [6, 6.07) is 0. The second-order valence-electron chi connectivity index (χ2n) is 12.4. The van der Waals surface area contributed by atoms with E-state index >= 15 is 0 Å². The van der Waals surface area contributed by atoms with Gasteiger partial charge in [0.25, 0.3) is 0 Å². The van der Waals surface area contributed by atoms with Gasteiger partial charge < -0.3 is 24.8 Å². The molecule has 0 radical (unpaired) electrons. The third-order valence-corrected chi connectivity index (χ3v) is 8.19. The smallest absolute Gasteiger partial charge is 0.220 e. The molecule has 0 unspecified atom stereocenters. The lowest BCUT2D eigenvalue weighted by Gasteiger charge is -2.34. The van der Waals surface area contributed by atoms with Crippen molar-refractivity contribution in [1.29, 1.82) is 0 Å². The Hall–Kier alpha value is -1.12. The molecule has 0 amide bonds. The number of allylic oxidation sites excluding steroid dienone is 2. The highest BCUT2D eigenvalue weighted by Crippen LogP contribution is 2.42. The highest BCUT2D eigenvalue weighted by molar-refractivity contribution is 6.25. The van der Waals surface area contributed by atoms with Crippen LogP contribution in [0.25, 0.3) is 0 Å². The van der Waals surface area contributed by atoms with E-state index in [0.29, 0.717) is 31.8 Å². The summed E-state index contributed by atoms with van der Waals surface area (Å²) in [6.45, 7) is 14.0. The third-order valence-electron chi connectivity index (χ3n) is 8.19. The van der Waals surface area contributed by atoms with E-state index in [9.17, 15) is 9.59 Å². The van der Waals surface area contributed by atoms with E-state index in [1.807, 2.05) is 0 Å². The van der Waals surface area contributed by atoms with E-state index in [4.69, 9.17) is 14.2 Å². The first kappa shape index (κ1) is 37.9. The predicted octanol–water partition coefficient (Wildman–Crippen LogP) is 6.58. The summed E-state index contributed by atoms with van der Waals surface area (Å²) in [4.78, 5) is 20.9. The quantitative estimate of drug-likeness (QED) is 0.0429. The molecular formula is C34H64N2O5.